The third-order valence-corrected chi connectivity index (χ3v) is 3.50. The van der Waals surface area contributed by atoms with Crippen LogP contribution in [0.5, 0.6) is 11.5 Å². The van der Waals surface area contributed by atoms with Crippen molar-refractivity contribution in [3.05, 3.63) is 23.8 Å². The van der Waals surface area contributed by atoms with Crippen molar-refractivity contribution in [2.45, 2.75) is 25.3 Å². The van der Waals surface area contributed by atoms with Crippen molar-refractivity contribution in [3.8, 4) is 11.5 Å². The topological polar surface area (TPSA) is 98.1 Å². The third kappa shape index (κ3) is 2.21. The Bertz CT molecular complexity index is 522. The number of phenolic OH excluding ortho intramolecular Hbond substituents is 2. The number of rotatable bonds is 2. The van der Waals surface area contributed by atoms with Gasteiger partial charge in [0.1, 0.15) is 17.0 Å². The van der Waals surface area contributed by atoms with Crippen molar-refractivity contribution in [1.82, 2.24) is 4.90 Å². The average Bonchev–Trinajstić information content (AvgIpc) is 2.70. The Kier molecular flexibility index (Phi) is 3.09. The van der Waals surface area contributed by atoms with E-state index in [2.05, 4.69) is 0 Å². The number of benzene rings is 1. The van der Waals surface area contributed by atoms with Crippen LogP contribution in [0.15, 0.2) is 18.2 Å². The van der Waals surface area contributed by atoms with E-state index in [1.807, 2.05) is 0 Å². The van der Waals surface area contributed by atoms with Crippen molar-refractivity contribution in [3.63, 3.8) is 0 Å². The minimum atomic E-state index is -1.24. The number of carboxylic acid groups (broad SMARTS) is 1. The molecule has 1 fully saturated rings. The first-order valence-electron chi connectivity index (χ1n) is 5.93. The molecule has 1 amide bonds. The van der Waals surface area contributed by atoms with Gasteiger partial charge < -0.3 is 20.2 Å². The molecule has 6 nitrogen and oxygen atoms in total. The molecule has 3 N–H and O–H groups in total. The highest BCUT2D eigenvalue weighted by atomic mass is 16.4. The van der Waals surface area contributed by atoms with Crippen LogP contribution in [0.2, 0.25) is 0 Å². The number of carbonyl (C=O) groups excluding carboxylic acids is 1. The largest absolute Gasteiger partial charge is 0.508 e. The van der Waals surface area contributed by atoms with Crippen LogP contribution in [0.4, 0.5) is 0 Å². The maximum absolute atomic E-state index is 12.3. The Morgan fingerprint density at radius 1 is 1.21 bits per heavy atom. The minimum Gasteiger partial charge on any atom is -0.508 e. The zero-order chi connectivity index (χ0) is 14.2. The van der Waals surface area contributed by atoms with Crippen molar-refractivity contribution in [1.29, 1.82) is 0 Å². The SMILES string of the molecule is CC1(C(=O)O)CCCN1C(=O)c1cc(O)cc(O)c1. The van der Waals surface area contributed by atoms with Crippen molar-refractivity contribution < 1.29 is 24.9 Å². The van der Waals surface area contributed by atoms with E-state index in [4.69, 9.17) is 0 Å². The summed E-state index contributed by atoms with van der Waals surface area (Å²) >= 11 is 0. The predicted molar refractivity (Wildman–Crippen MR) is 66.1 cm³/mol. The number of nitrogens with zero attached hydrogens (tertiary/aromatic N) is 1. The van der Waals surface area contributed by atoms with E-state index >= 15 is 0 Å². The first-order chi connectivity index (χ1) is 8.84. The molecule has 1 saturated heterocycles. The number of aliphatic carboxylic acids is 1. The smallest absolute Gasteiger partial charge is 0.329 e. The summed E-state index contributed by atoms with van der Waals surface area (Å²) in [4.78, 5) is 24.9. The van der Waals surface area contributed by atoms with Gasteiger partial charge >= 0.3 is 5.97 Å². The summed E-state index contributed by atoms with van der Waals surface area (Å²) in [6, 6.07) is 3.53. The van der Waals surface area contributed by atoms with Crippen LogP contribution in [0.3, 0.4) is 0 Å². The molecule has 1 aromatic rings. The highest BCUT2D eigenvalue weighted by molar-refractivity contribution is 5.98. The van der Waals surface area contributed by atoms with E-state index < -0.39 is 17.4 Å². The molecular weight excluding hydrogens is 250 g/mol. The summed E-state index contributed by atoms with van der Waals surface area (Å²) in [5.41, 5.74) is -1.16. The molecule has 1 atom stereocenters. The Hall–Kier alpha value is -2.24. The number of amides is 1. The van der Waals surface area contributed by atoms with Crippen LogP contribution in [0.1, 0.15) is 30.1 Å². The maximum Gasteiger partial charge on any atom is 0.329 e. The van der Waals surface area contributed by atoms with E-state index in [1.54, 1.807) is 0 Å². The summed E-state index contributed by atoms with van der Waals surface area (Å²) in [6.45, 7) is 1.85. The number of hydrogen-bond donors (Lipinski definition) is 3. The van der Waals surface area contributed by atoms with Crippen molar-refractivity contribution in [2.24, 2.45) is 0 Å². The minimum absolute atomic E-state index is 0.0758. The highest BCUT2D eigenvalue weighted by Gasteiger charge is 2.46. The molecule has 6 heteroatoms. The number of aromatic hydroxyl groups is 2. The monoisotopic (exact) mass is 265 g/mol. The normalized spacial score (nSPS) is 22.5. The zero-order valence-corrected chi connectivity index (χ0v) is 10.5. The Labute approximate surface area is 109 Å². The summed E-state index contributed by atoms with van der Waals surface area (Å²) in [5, 5.41) is 28.0. The molecule has 0 saturated carbocycles. The average molecular weight is 265 g/mol. The lowest BCUT2D eigenvalue weighted by Gasteiger charge is -2.31. The summed E-state index contributed by atoms with van der Waals surface area (Å²) < 4.78 is 0. The predicted octanol–water partition coefficient (Wildman–Crippen LogP) is 1.18. The van der Waals surface area contributed by atoms with Gasteiger partial charge in [0.05, 0.1) is 0 Å². The van der Waals surface area contributed by atoms with Gasteiger partial charge in [-0.1, -0.05) is 0 Å². The van der Waals surface area contributed by atoms with Crippen LogP contribution in [0.25, 0.3) is 0 Å². The van der Waals surface area contributed by atoms with Gasteiger partial charge in [0.15, 0.2) is 0 Å². The Balaban J connectivity index is 2.36. The van der Waals surface area contributed by atoms with Crippen LogP contribution in [-0.2, 0) is 4.79 Å². The Morgan fingerprint density at radius 3 is 2.32 bits per heavy atom. The van der Waals surface area contributed by atoms with E-state index in [-0.39, 0.29) is 17.1 Å². The van der Waals surface area contributed by atoms with E-state index in [1.165, 1.54) is 24.0 Å². The van der Waals surface area contributed by atoms with Crippen LogP contribution < -0.4 is 0 Å². The van der Waals surface area contributed by atoms with Crippen LogP contribution in [-0.4, -0.2) is 44.2 Å². The molecule has 19 heavy (non-hydrogen) atoms. The summed E-state index contributed by atoms with van der Waals surface area (Å²) in [7, 11) is 0. The fourth-order valence-electron chi connectivity index (χ4n) is 2.39. The van der Waals surface area contributed by atoms with Gasteiger partial charge in [-0.05, 0) is 31.9 Å². The van der Waals surface area contributed by atoms with Crippen molar-refractivity contribution in [2.75, 3.05) is 6.54 Å². The second-order valence-electron chi connectivity index (χ2n) is 4.88. The molecule has 1 aliphatic rings. The third-order valence-electron chi connectivity index (χ3n) is 3.50. The molecule has 2 rings (SSSR count). The summed E-state index contributed by atoms with van der Waals surface area (Å²) in [6.07, 6.45) is 0.998. The molecule has 0 aliphatic carbocycles. The molecule has 1 unspecified atom stereocenters. The highest BCUT2D eigenvalue weighted by Crippen LogP contribution is 2.32. The standard InChI is InChI=1S/C13H15NO5/c1-13(12(18)19)3-2-4-14(13)11(17)8-5-9(15)7-10(16)6-8/h5-7,15-16H,2-4H2,1H3,(H,18,19). The lowest BCUT2D eigenvalue weighted by Crippen LogP contribution is -2.50. The molecule has 1 heterocycles. The van der Waals surface area contributed by atoms with Crippen molar-refractivity contribution >= 4 is 11.9 Å². The molecule has 102 valence electrons. The fraction of sp³-hybridized carbons (Fsp3) is 0.385. The van der Waals surface area contributed by atoms with Gasteiger partial charge in [-0.3, -0.25) is 4.79 Å². The Morgan fingerprint density at radius 2 is 1.79 bits per heavy atom. The van der Waals surface area contributed by atoms with Crippen LogP contribution in [0, 0.1) is 0 Å². The number of likely N-dealkylation sites (tertiary alicyclic amines) is 1. The molecule has 0 spiro atoms. The first-order valence-corrected chi connectivity index (χ1v) is 5.93. The maximum atomic E-state index is 12.3. The number of hydrogen-bond acceptors (Lipinski definition) is 4. The number of carbonyl (C=O) groups is 2. The quantitative estimate of drug-likeness (QED) is 0.745. The van der Waals surface area contributed by atoms with Gasteiger partial charge in [0.25, 0.3) is 5.91 Å². The van der Waals surface area contributed by atoms with Gasteiger partial charge in [0.2, 0.25) is 0 Å². The molecule has 0 radical (unpaired) electrons. The van der Waals surface area contributed by atoms with E-state index in [9.17, 15) is 24.9 Å². The van der Waals surface area contributed by atoms with E-state index in [0.717, 1.165) is 6.07 Å². The number of carboxylic acids is 1. The van der Waals surface area contributed by atoms with Gasteiger partial charge in [0, 0.05) is 18.2 Å². The van der Waals surface area contributed by atoms with Gasteiger partial charge in [-0.15, -0.1) is 0 Å². The lowest BCUT2D eigenvalue weighted by atomic mass is 9.98. The lowest BCUT2D eigenvalue weighted by molar-refractivity contribution is -0.147. The zero-order valence-electron chi connectivity index (χ0n) is 10.5. The second kappa shape index (κ2) is 4.46. The molecule has 1 aliphatic heterocycles. The second-order valence-corrected chi connectivity index (χ2v) is 4.88. The van der Waals surface area contributed by atoms with Crippen LogP contribution >= 0.6 is 0 Å². The first kappa shape index (κ1) is 13.2. The fourth-order valence-corrected chi connectivity index (χ4v) is 2.39. The molecule has 0 aromatic heterocycles. The molecule has 1 aromatic carbocycles. The van der Waals surface area contributed by atoms with Gasteiger partial charge in [-0.2, -0.15) is 0 Å². The van der Waals surface area contributed by atoms with Gasteiger partial charge in [-0.25, -0.2) is 4.79 Å². The summed E-state index contributed by atoms with van der Waals surface area (Å²) in [5.74, 6) is -2.03. The van der Waals surface area contributed by atoms with E-state index in [0.29, 0.717) is 19.4 Å². The molecule has 0 bridgehead atoms. The molecular formula is C13H15NO5. The number of phenols is 2.